The molecule has 132 valence electrons. The molecule has 0 bridgehead atoms. The standard InChI is InChI=1S/C19H26Cl2N2O/c20-17-5-4-14(12-18(17)21)16(19(24)8-2-1-3-9-19)13-23-10-6-15(22)7-11-23/h4-5,12-13,15,24H,1-3,6-11,22H2/b16-13+. The van der Waals surface area contributed by atoms with Crippen molar-refractivity contribution in [2.45, 2.75) is 56.6 Å². The highest BCUT2D eigenvalue weighted by molar-refractivity contribution is 6.42. The van der Waals surface area contributed by atoms with Crippen LogP contribution in [-0.4, -0.2) is 34.7 Å². The van der Waals surface area contributed by atoms with E-state index < -0.39 is 5.60 Å². The molecule has 1 aliphatic carbocycles. The lowest BCUT2D eigenvalue weighted by atomic mass is 9.77. The van der Waals surface area contributed by atoms with Gasteiger partial charge in [0, 0.05) is 30.9 Å². The summed E-state index contributed by atoms with van der Waals surface area (Å²) in [5, 5.41) is 12.4. The van der Waals surface area contributed by atoms with Crippen LogP contribution in [-0.2, 0) is 0 Å². The van der Waals surface area contributed by atoms with Gasteiger partial charge in [-0.1, -0.05) is 48.5 Å². The summed E-state index contributed by atoms with van der Waals surface area (Å²) in [5.41, 5.74) is 7.16. The monoisotopic (exact) mass is 368 g/mol. The van der Waals surface area contributed by atoms with Crippen LogP contribution in [0.2, 0.25) is 10.0 Å². The minimum absolute atomic E-state index is 0.292. The van der Waals surface area contributed by atoms with Gasteiger partial charge in [0.1, 0.15) is 0 Å². The third-order valence-electron chi connectivity index (χ3n) is 5.30. The molecule has 3 rings (SSSR count). The molecule has 2 fully saturated rings. The second kappa shape index (κ2) is 7.65. The van der Waals surface area contributed by atoms with E-state index in [0.29, 0.717) is 16.1 Å². The predicted octanol–water partition coefficient (Wildman–Crippen LogP) is 4.45. The maximum atomic E-state index is 11.3. The zero-order valence-corrected chi connectivity index (χ0v) is 15.5. The van der Waals surface area contributed by atoms with Crippen molar-refractivity contribution in [1.82, 2.24) is 4.90 Å². The molecular formula is C19H26Cl2N2O. The van der Waals surface area contributed by atoms with Gasteiger partial charge in [-0.15, -0.1) is 0 Å². The van der Waals surface area contributed by atoms with Crippen molar-refractivity contribution in [2.24, 2.45) is 5.73 Å². The summed E-state index contributed by atoms with van der Waals surface area (Å²) in [6.07, 6.45) is 9.01. The fourth-order valence-electron chi connectivity index (χ4n) is 3.76. The minimum atomic E-state index is -0.783. The number of likely N-dealkylation sites (tertiary alicyclic amines) is 1. The van der Waals surface area contributed by atoms with Crippen molar-refractivity contribution in [1.29, 1.82) is 0 Å². The first kappa shape index (κ1) is 18.1. The van der Waals surface area contributed by atoms with E-state index in [2.05, 4.69) is 11.1 Å². The number of nitrogens with two attached hydrogens (primary N) is 1. The highest BCUT2D eigenvalue weighted by atomic mass is 35.5. The SMILES string of the molecule is NC1CCN(/C=C(\c2ccc(Cl)c(Cl)c2)C2(O)CCCCC2)CC1. The van der Waals surface area contributed by atoms with Crippen LogP contribution in [0.5, 0.6) is 0 Å². The average molecular weight is 369 g/mol. The summed E-state index contributed by atoms with van der Waals surface area (Å²) >= 11 is 12.3. The van der Waals surface area contributed by atoms with Crippen molar-refractivity contribution in [3.05, 3.63) is 40.0 Å². The van der Waals surface area contributed by atoms with Crippen molar-refractivity contribution in [3.8, 4) is 0 Å². The molecule has 3 N–H and O–H groups in total. The Balaban J connectivity index is 1.95. The molecule has 1 aromatic rings. The van der Waals surface area contributed by atoms with E-state index >= 15 is 0 Å². The van der Waals surface area contributed by atoms with Crippen LogP contribution in [0.4, 0.5) is 0 Å². The van der Waals surface area contributed by atoms with Gasteiger partial charge in [-0.25, -0.2) is 0 Å². The Labute approximate surface area is 154 Å². The fourth-order valence-corrected chi connectivity index (χ4v) is 4.06. The molecular weight excluding hydrogens is 343 g/mol. The number of rotatable bonds is 3. The van der Waals surface area contributed by atoms with Crippen LogP contribution in [0, 0.1) is 0 Å². The van der Waals surface area contributed by atoms with Crippen LogP contribution in [0.25, 0.3) is 5.57 Å². The molecule has 1 aromatic carbocycles. The quantitative estimate of drug-likeness (QED) is 0.828. The maximum Gasteiger partial charge on any atom is 0.0916 e. The zero-order chi connectivity index (χ0) is 17.2. The summed E-state index contributed by atoms with van der Waals surface area (Å²) in [6, 6.07) is 5.94. The normalized spacial score (nSPS) is 22.7. The third-order valence-corrected chi connectivity index (χ3v) is 6.04. The smallest absolute Gasteiger partial charge is 0.0916 e. The summed E-state index contributed by atoms with van der Waals surface area (Å²) in [4.78, 5) is 2.29. The van der Waals surface area contributed by atoms with E-state index in [-0.39, 0.29) is 0 Å². The fraction of sp³-hybridized carbons (Fsp3) is 0.579. The second-order valence-corrected chi connectivity index (χ2v) is 7.95. The second-order valence-electron chi connectivity index (χ2n) is 7.14. The largest absolute Gasteiger partial charge is 0.385 e. The van der Waals surface area contributed by atoms with Crippen LogP contribution < -0.4 is 5.73 Å². The van der Waals surface area contributed by atoms with Crippen LogP contribution in [0.3, 0.4) is 0 Å². The minimum Gasteiger partial charge on any atom is -0.385 e. The lowest BCUT2D eigenvalue weighted by molar-refractivity contribution is 0.0601. The average Bonchev–Trinajstić information content (AvgIpc) is 2.57. The molecule has 1 saturated heterocycles. The van der Waals surface area contributed by atoms with Crippen LogP contribution >= 0.6 is 23.2 Å². The van der Waals surface area contributed by atoms with Gasteiger partial charge in [0.2, 0.25) is 0 Å². The number of halogens is 2. The van der Waals surface area contributed by atoms with E-state index in [1.165, 1.54) is 6.42 Å². The highest BCUT2D eigenvalue weighted by Gasteiger charge is 2.35. The molecule has 0 radical (unpaired) electrons. The first-order valence-electron chi connectivity index (χ1n) is 8.88. The summed E-state index contributed by atoms with van der Waals surface area (Å²) in [7, 11) is 0. The first-order chi connectivity index (χ1) is 11.5. The first-order valence-corrected chi connectivity index (χ1v) is 9.63. The summed E-state index contributed by atoms with van der Waals surface area (Å²) < 4.78 is 0. The maximum absolute atomic E-state index is 11.3. The van der Waals surface area contributed by atoms with Gasteiger partial charge in [0.15, 0.2) is 0 Å². The van der Waals surface area contributed by atoms with Gasteiger partial charge < -0.3 is 15.7 Å². The van der Waals surface area contributed by atoms with Gasteiger partial charge >= 0.3 is 0 Å². The van der Waals surface area contributed by atoms with Crippen molar-refractivity contribution < 1.29 is 5.11 Å². The van der Waals surface area contributed by atoms with Gasteiger partial charge in [0.05, 0.1) is 15.6 Å². The van der Waals surface area contributed by atoms with E-state index in [4.69, 9.17) is 28.9 Å². The molecule has 0 atom stereocenters. The zero-order valence-electron chi connectivity index (χ0n) is 14.0. The van der Waals surface area contributed by atoms with Crippen molar-refractivity contribution in [2.75, 3.05) is 13.1 Å². The molecule has 0 aromatic heterocycles. The Kier molecular flexibility index (Phi) is 5.76. The predicted molar refractivity (Wildman–Crippen MR) is 101 cm³/mol. The Morgan fingerprint density at radius 2 is 1.79 bits per heavy atom. The lowest BCUT2D eigenvalue weighted by Crippen LogP contribution is -2.39. The molecule has 3 nitrogen and oxygen atoms in total. The molecule has 0 amide bonds. The molecule has 1 aliphatic heterocycles. The Hall–Kier alpha value is -0.740. The number of benzene rings is 1. The molecule has 1 saturated carbocycles. The van der Waals surface area contributed by atoms with Crippen LogP contribution in [0.15, 0.2) is 24.4 Å². The summed E-state index contributed by atoms with van der Waals surface area (Å²) in [6.45, 7) is 1.87. The molecule has 2 aliphatic rings. The van der Waals surface area contributed by atoms with Crippen LogP contribution in [0.1, 0.15) is 50.5 Å². The number of hydrogen-bond acceptors (Lipinski definition) is 3. The number of nitrogens with zero attached hydrogens (tertiary/aromatic N) is 1. The van der Waals surface area contributed by atoms with Gasteiger partial charge in [-0.3, -0.25) is 0 Å². The van der Waals surface area contributed by atoms with Gasteiger partial charge in [-0.05, 0) is 43.4 Å². The number of piperidine rings is 1. The molecule has 5 heteroatoms. The molecule has 0 unspecified atom stereocenters. The highest BCUT2D eigenvalue weighted by Crippen LogP contribution is 2.41. The van der Waals surface area contributed by atoms with Crippen molar-refractivity contribution in [3.63, 3.8) is 0 Å². The number of hydrogen-bond donors (Lipinski definition) is 2. The molecule has 0 spiro atoms. The van der Waals surface area contributed by atoms with E-state index in [9.17, 15) is 5.11 Å². The van der Waals surface area contributed by atoms with Gasteiger partial charge in [-0.2, -0.15) is 0 Å². The topological polar surface area (TPSA) is 49.5 Å². The summed E-state index contributed by atoms with van der Waals surface area (Å²) in [5.74, 6) is 0. The Bertz CT molecular complexity index is 603. The molecule has 24 heavy (non-hydrogen) atoms. The van der Waals surface area contributed by atoms with E-state index in [1.54, 1.807) is 0 Å². The Morgan fingerprint density at radius 3 is 2.42 bits per heavy atom. The van der Waals surface area contributed by atoms with E-state index in [0.717, 1.165) is 62.8 Å². The molecule has 1 heterocycles. The van der Waals surface area contributed by atoms with Gasteiger partial charge in [0.25, 0.3) is 0 Å². The van der Waals surface area contributed by atoms with Crippen molar-refractivity contribution >= 4 is 28.8 Å². The third kappa shape index (κ3) is 4.08. The Morgan fingerprint density at radius 1 is 1.12 bits per heavy atom. The lowest BCUT2D eigenvalue weighted by Gasteiger charge is -2.37. The number of aliphatic hydroxyl groups is 1. The van der Waals surface area contributed by atoms with E-state index in [1.807, 2.05) is 18.2 Å².